The molecule has 3 aromatic carbocycles. The van der Waals surface area contributed by atoms with Crippen LogP contribution in [0.3, 0.4) is 0 Å². The molecule has 0 saturated carbocycles. The van der Waals surface area contributed by atoms with Gasteiger partial charge >= 0.3 is 5.69 Å². The Kier molecular flexibility index (Phi) is 5.90. The second-order valence-electron chi connectivity index (χ2n) is 6.89. The lowest BCUT2D eigenvalue weighted by molar-refractivity contribution is 0.746. The number of halogens is 3. The Balaban J connectivity index is 1.97. The van der Waals surface area contributed by atoms with Crippen molar-refractivity contribution in [2.45, 2.75) is 5.41 Å². The van der Waals surface area contributed by atoms with Crippen molar-refractivity contribution in [3.8, 4) is 11.8 Å². The summed E-state index contributed by atoms with van der Waals surface area (Å²) in [4.78, 5) is 25.6. The molecule has 1 N–H and O–H groups in total. The van der Waals surface area contributed by atoms with Crippen LogP contribution >= 0.6 is 34.8 Å². The monoisotopic (exact) mass is 482 g/mol. The molecular weight excluding hydrogens is 471 g/mol. The maximum atomic E-state index is 12.1. The Labute approximate surface area is 197 Å². The van der Waals surface area contributed by atoms with E-state index >= 15 is 0 Å². The largest absolute Gasteiger partial charge is 0.349 e. The van der Waals surface area contributed by atoms with Crippen molar-refractivity contribution in [1.29, 1.82) is 5.26 Å². The lowest BCUT2D eigenvalue weighted by atomic mass is 9.70. The predicted molar refractivity (Wildman–Crippen MR) is 124 cm³/mol. The SMILES string of the molecule is N#CC(c1ccc(Cl)cc1)(c1ccc(Cl)cc1)c1ccc(-n2ncc(=O)[nH]c2=O)cc1Cl. The van der Waals surface area contributed by atoms with Gasteiger partial charge in [0.25, 0.3) is 5.56 Å². The number of benzene rings is 3. The summed E-state index contributed by atoms with van der Waals surface area (Å²) in [5.41, 5.74) is -0.465. The first-order valence-corrected chi connectivity index (χ1v) is 10.4. The van der Waals surface area contributed by atoms with E-state index in [9.17, 15) is 14.9 Å². The van der Waals surface area contributed by atoms with Gasteiger partial charge in [0.15, 0.2) is 0 Å². The van der Waals surface area contributed by atoms with Crippen molar-refractivity contribution in [3.63, 3.8) is 0 Å². The summed E-state index contributed by atoms with van der Waals surface area (Å²) in [6.45, 7) is 0. The minimum absolute atomic E-state index is 0.230. The molecule has 0 aliphatic carbocycles. The van der Waals surface area contributed by atoms with E-state index in [4.69, 9.17) is 34.8 Å². The molecule has 0 saturated heterocycles. The van der Waals surface area contributed by atoms with Crippen LogP contribution < -0.4 is 11.2 Å². The maximum absolute atomic E-state index is 12.1. The second-order valence-corrected chi connectivity index (χ2v) is 8.17. The van der Waals surface area contributed by atoms with Crippen molar-refractivity contribution in [2.24, 2.45) is 0 Å². The molecule has 4 aromatic rings. The number of H-pyrrole nitrogens is 1. The van der Waals surface area contributed by atoms with E-state index in [-0.39, 0.29) is 5.02 Å². The van der Waals surface area contributed by atoms with Gasteiger partial charge in [0.05, 0.1) is 11.8 Å². The third-order valence-electron chi connectivity index (χ3n) is 5.04. The summed E-state index contributed by atoms with van der Waals surface area (Å²) >= 11 is 18.8. The number of aromatic nitrogens is 3. The first kappa shape index (κ1) is 21.8. The molecule has 4 rings (SSSR count). The molecule has 0 aliphatic heterocycles. The van der Waals surface area contributed by atoms with Gasteiger partial charge in [-0.2, -0.15) is 15.0 Å². The lowest BCUT2D eigenvalue weighted by Crippen LogP contribution is -2.31. The van der Waals surface area contributed by atoms with Gasteiger partial charge in [-0.1, -0.05) is 65.1 Å². The molecule has 9 heteroatoms. The van der Waals surface area contributed by atoms with E-state index in [1.807, 2.05) is 0 Å². The zero-order valence-electron chi connectivity index (χ0n) is 16.2. The molecule has 0 spiro atoms. The van der Waals surface area contributed by atoms with Gasteiger partial charge in [0.2, 0.25) is 0 Å². The summed E-state index contributed by atoms with van der Waals surface area (Å²) in [5, 5.41) is 15.6. The van der Waals surface area contributed by atoms with E-state index in [0.29, 0.717) is 32.4 Å². The van der Waals surface area contributed by atoms with Crippen molar-refractivity contribution >= 4 is 34.8 Å². The number of hydrogen-bond donors (Lipinski definition) is 1. The highest BCUT2D eigenvalue weighted by molar-refractivity contribution is 6.32. The van der Waals surface area contributed by atoms with Gasteiger partial charge in [0, 0.05) is 15.1 Å². The summed E-state index contributed by atoms with van der Waals surface area (Å²) < 4.78 is 1.01. The molecular formula is C23H13Cl3N4O2. The first-order valence-electron chi connectivity index (χ1n) is 9.27. The van der Waals surface area contributed by atoms with Crippen LogP contribution in [0.4, 0.5) is 0 Å². The van der Waals surface area contributed by atoms with Gasteiger partial charge < -0.3 is 0 Å². The van der Waals surface area contributed by atoms with Crippen molar-refractivity contribution in [1.82, 2.24) is 14.8 Å². The number of nitriles is 1. The van der Waals surface area contributed by atoms with Gasteiger partial charge in [0.1, 0.15) is 11.6 Å². The second kappa shape index (κ2) is 8.64. The predicted octanol–water partition coefficient (Wildman–Crippen LogP) is 4.74. The van der Waals surface area contributed by atoms with Crippen LogP contribution in [-0.2, 0) is 5.41 Å². The van der Waals surface area contributed by atoms with Gasteiger partial charge in [-0.3, -0.25) is 9.78 Å². The summed E-state index contributed by atoms with van der Waals surface area (Å²) in [7, 11) is 0. The van der Waals surface area contributed by atoms with Crippen molar-refractivity contribution < 1.29 is 0 Å². The average molecular weight is 484 g/mol. The van der Waals surface area contributed by atoms with E-state index in [1.165, 1.54) is 6.07 Å². The lowest BCUT2D eigenvalue weighted by Gasteiger charge is -2.30. The number of aromatic amines is 1. The third kappa shape index (κ3) is 3.82. The fraction of sp³-hybridized carbons (Fsp3) is 0.0435. The molecule has 0 aliphatic rings. The van der Waals surface area contributed by atoms with E-state index in [1.54, 1.807) is 60.7 Å². The van der Waals surface area contributed by atoms with E-state index in [0.717, 1.165) is 10.9 Å². The quantitative estimate of drug-likeness (QED) is 0.424. The van der Waals surface area contributed by atoms with Crippen LogP contribution in [0.2, 0.25) is 15.1 Å². The molecule has 1 aromatic heterocycles. The highest BCUT2D eigenvalue weighted by atomic mass is 35.5. The van der Waals surface area contributed by atoms with Gasteiger partial charge in [-0.15, -0.1) is 0 Å². The minimum atomic E-state index is -1.28. The number of hydrogen-bond acceptors (Lipinski definition) is 4. The number of nitrogens with zero attached hydrogens (tertiary/aromatic N) is 3. The Morgan fingerprint density at radius 2 is 1.44 bits per heavy atom. The smallest absolute Gasteiger partial charge is 0.271 e. The van der Waals surface area contributed by atoms with Crippen LogP contribution in [-0.4, -0.2) is 14.8 Å². The fourth-order valence-corrected chi connectivity index (χ4v) is 4.11. The van der Waals surface area contributed by atoms with Crippen molar-refractivity contribution in [2.75, 3.05) is 0 Å². The Morgan fingerprint density at radius 3 is 1.91 bits per heavy atom. The summed E-state index contributed by atoms with van der Waals surface area (Å²) in [6, 6.07) is 21.0. The van der Waals surface area contributed by atoms with Crippen LogP contribution in [0.1, 0.15) is 16.7 Å². The zero-order valence-corrected chi connectivity index (χ0v) is 18.5. The number of rotatable bonds is 4. The third-order valence-corrected chi connectivity index (χ3v) is 5.85. The van der Waals surface area contributed by atoms with Crippen LogP contribution in [0, 0.1) is 11.3 Å². The van der Waals surface area contributed by atoms with E-state index < -0.39 is 16.7 Å². The van der Waals surface area contributed by atoms with Gasteiger partial charge in [-0.05, 0) is 53.1 Å². The normalized spacial score (nSPS) is 11.2. The molecule has 6 nitrogen and oxygen atoms in total. The molecule has 0 amide bonds. The molecule has 158 valence electrons. The fourth-order valence-electron chi connectivity index (χ4n) is 3.54. The van der Waals surface area contributed by atoms with Crippen LogP contribution in [0.15, 0.2) is 82.5 Å². The van der Waals surface area contributed by atoms with Gasteiger partial charge in [-0.25, -0.2) is 4.79 Å². The average Bonchev–Trinajstić information content (AvgIpc) is 2.77. The first-order chi connectivity index (χ1) is 15.3. The molecule has 0 radical (unpaired) electrons. The minimum Gasteiger partial charge on any atom is -0.271 e. The Hall–Kier alpha value is -3.37. The summed E-state index contributed by atoms with van der Waals surface area (Å²) in [5.74, 6) is 0. The Bertz CT molecular complexity index is 1410. The number of nitrogens with one attached hydrogen (secondary N) is 1. The standard InChI is InChI=1S/C23H13Cl3N4O2/c24-16-5-1-14(2-6-16)23(13-27,15-3-7-17(25)8-4-15)19-10-9-18(11-20(19)26)30-22(32)29-21(31)12-28-30/h1-12H,(H,29,31,32). The molecule has 32 heavy (non-hydrogen) atoms. The topological polar surface area (TPSA) is 91.5 Å². The van der Waals surface area contributed by atoms with Crippen LogP contribution in [0.25, 0.3) is 5.69 Å². The van der Waals surface area contributed by atoms with E-state index in [2.05, 4.69) is 16.2 Å². The molecule has 0 atom stereocenters. The molecule has 0 fully saturated rings. The summed E-state index contributed by atoms with van der Waals surface area (Å²) in [6.07, 6.45) is 0.990. The maximum Gasteiger partial charge on any atom is 0.349 e. The Morgan fingerprint density at radius 1 is 0.875 bits per heavy atom. The molecule has 0 unspecified atom stereocenters. The highest BCUT2D eigenvalue weighted by Crippen LogP contribution is 2.43. The highest BCUT2D eigenvalue weighted by Gasteiger charge is 2.38. The zero-order chi connectivity index (χ0) is 22.9. The van der Waals surface area contributed by atoms with Crippen LogP contribution in [0.5, 0.6) is 0 Å². The molecule has 1 heterocycles. The molecule has 0 bridgehead atoms. The van der Waals surface area contributed by atoms with Crippen molar-refractivity contribution in [3.05, 3.63) is 126 Å².